The van der Waals surface area contributed by atoms with E-state index in [1.807, 2.05) is 30.3 Å². The van der Waals surface area contributed by atoms with Gasteiger partial charge < -0.3 is 20.3 Å². The van der Waals surface area contributed by atoms with Gasteiger partial charge in [0.2, 0.25) is 0 Å². The van der Waals surface area contributed by atoms with Crippen molar-refractivity contribution in [2.24, 2.45) is 11.8 Å². The highest BCUT2D eigenvalue weighted by Crippen LogP contribution is 2.18. The number of hydrogen-bond acceptors (Lipinski definition) is 5. The number of nitrogens with zero attached hydrogens (tertiary/aromatic N) is 2. The summed E-state index contributed by atoms with van der Waals surface area (Å²) in [5.41, 5.74) is 1.58. The van der Waals surface area contributed by atoms with Crippen molar-refractivity contribution in [1.82, 2.24) is 15.2 Å². The Morgan fingerprint density at radius 3 is 2.61 bits per heavy atom. The van der Waals surface area contributed by atoms with E-state index in [9.17, 15) is 9.59 Å². The van der Waals surface area contributed by atoms with Gasteiger partial charge in [0, 0.05) is 37.9 Å². The van der Waals surface area contributed by atoms with Crippen molar-refractivity contribution in [3.8, 4) is 0 Å². The summed E-state index contributed by atoms with van der Waals surface area (Å²) >= 11 is 0. The number of rotatable bonds is 8. The zero-order valence-electron chi connectivity index (χ0n) is 18.3. The van der Waals surface area contributed by atoms with E-state index in [1.165, 1.54) is 0 Å². The lowest BCUT2D eigenvalue weighted by molar-refractivity contribution is 0.0801. The topological polar surface area (TPSA) is 83.6 Å². The smallest absolute Gasteiger partial charge is 0.410 e. The van der Waals surface area contributed by atoms with Crippen molar-refractivity contribution in [2.45, 2.75) is 33.3 Å². The first-order chi connectivity index (χ1) is 15.0. The van der Waals surface area contributed by atoms with E-state index in [1.54, 1.807) is 23.2 Å². The molecule has 0 aliphatic carbocycles. The molecule has 2 heterocycles. The van der Waals surface area contributed by atoms with Gasteiger partial charge in [0.15, 0.2) is 0 Å². The highest BCUT2D eigenvalue weighted by Gasteiger charge is 2.24. The number of amides is 2. The number of pyridine rings is 1. The molecule has 2 amide bonds. The monoisotopic (exact) mass is 424 g/mol. The molecule has 1 aromatic carbocycles. The van der Waals surface area contributed by atoms with Gasteiger partial charge in [0.05, 0.1) is 0 Å². The molecule has 0 radical (unpaired) electrons. The molecule has 1 fully saturated rings. The number of hydrogen-bond donors (Lipinski definition) is 2. The Hall–Kier alpha value is -3.09. The lowest BCUT2D eigenvalue weighted by Crippen LogP contribution is -2.41. The zero-order chi connectivity index (χ0) is 22.1. The predicted molar refractivity (Wildman–Crippen MR) is 121 cm³/mol. The molecule has 2 N–H and O–H groups in total. The number of carbonyl (C=O) groups excluding carboxylic acids is 2. The van der Waals surface area contributed by atoms with Crippen molar-refractivity contribution in [3.63, 3.8) is 0 Å². The highest BCUT2D eigenvalue weighted by molar-refractivity contribution is 5.94. The number of carbonyl (C=O) groups is 2. The van der Waals surface area contributed by atoms with Crippen LogP contribution >= 0.6 is 0 Å². The minimum absolute atomic E-state index is 0.0975. The van der Waals surface area contributed by atoms with Crippen LogP contribution in [0, 0.1) is 11.8 Å². The lowest BCUT2D eigenvalue weighted by Gasteiger charge is -2.31. The third-order valence-corrected chi connectivity index (χ3v) is 5.34. The van der Waals surface area contributed by atoms with Crippen molar-refractivity contribution in [3.05, 3.63) is 59.8 Å². The quantitative estimate of drug-likeness (QED) is 0.671. The van der Waals surface area contributed by atoms with Crippen LogP contribution in [0.1, 0.15) is 42.6 Å². The second kappa shape index (κ2) is 11.3. The van der Waals surface area contributed by atoms with Gasteiger partial charge in [-0.3, -0.25) is 4.79 Å². The first-order valence-electron chi connectivity index (χ1n) is 10.9. The van der Waals surface area contributed by atoms with Crippen molar-refractivity contribution in [2.75, 3.05) is 31.5 Å². The molecule has 0 atom stereocenters. The Morgan fingerprint density at radius 2 is 1.90 bits per heavy atom. The first kappa shape index (κ1) is 22.6. The Kier molecular flexibility index (Phi) is 8.27. The fourth-order valence-electron chi connectivity index (χ4n) is 3.45. The fraction of sp³-hybridized carbons (Fsp3) is 0.458. The van der Waals surface area contributed by atoms with Crippen LogP contribution in [-0.2, 0) is 11.3 Å². The Morgan fingerprint density at radius 1 is 1.16 bits per heavy atom. The Balaban J connectivity index is 1.38. The summed E-state index contributed by atoms with van der Waals surface area (Å²) in [5.74, 6) is 1.46. The standard InChI is InChI=1S/C24H32N4O3/c1-18(2)15-26-22-14-21(8-11-25-22)23(29)27-16-19-9-12-28(13-10-19)24(30)31-17-20-6-4-3-5-7-20/h3-8,11,14,18-19H,9-10,12-13,15-17H2,1-2H3,(H,25,26)(H,27,29). The third kappa shape index (κ3) is 7.27. The molecule has 7 heteroatoms. The van der Waals surface area contributed by atoms with Gasteiger partial charge in [-0.05, 0) is 42.4 Å². The van der Waals surface area contributed by atoms with Gasteiger partial charge >= 0.3 is 6.09 Å². The number of piperidine rings is 1. The van der Waals surface area contributed by atoms with Crippen molar-refractivity contribution in [1.29, 1.82) is 0 Å². The number of aromatic nitrogens is 1. The zero-order valence-corrected chi connectivity index (χ0v) is 18.3. The molecule has 0 saturated carbocycles. The summed E-state index contributed by atoms with van der Waals surface area (Å²) in [7, 11) is 0. The van der Waals surface area contributed by atoms with E-state index in [-0.39, 0.29) is 18.6 Å². The molecular formula is C24H32N4O3. The Bertz CT molecular complexity index is 849. The largest absolute Gasteiger partial charge is 0.445 e. The van der Waals surface area contributed by atoms with Crippen LogP contribution < -0.4 is 10.6 Å². The molecule has 1 saturated heterocycles. The predicted octanol–water partition coefficient (Wildman–Crippen LogP) is 3.93. The molecule has 3 rings (SSSR count). The highest BCUT2D eigenvalue weighted by atomic mass is 16.6. The van der Waals surface area contributed by atoms with Gasteiger partial charge in [-0.2, -0.15) is 0 Å². The van der Waals surface area contributed by atoms with Crippen LogP contribution in [0.2, 0.25) is 0 Å². The molecule has 1 aliphatic rings. The first-order valence-corrected chi connectivity index (χ1v) is 10.9. The van der Waals surface area contributed by atoms with E-state index >= 15 is 0 Å². The van der Waals surface area contributed by atoms with Gasteiger partial charge in [0.1, 0.15) is 12.4 Å². The van der Waals surface area contributed by atoms with Gasteiger partial charge in [-0.1, -0.05) is 44.2 Å². The molecule has 166 valence electrons. The maximum atomic E-state index is 12.5. The average Bonchev–Trinajstić information content (AvgIpc) is 2.81. The summed E-state index contributed by atoms with van der Waals surface area (Å²) in [6.07, 6.45) is 3.07. The molecule has 0 bridgehead atoms. The molecule has 0 unspecified atom stereocenters. The van der Waals surface area contributed by atoms with Crippen LogP contribution in [-0.4, -0.2) is 48.1 Å². The summed E-state index contributed by atoms with van der Waals surface area (Å²) in [6.45, 7) is 7.23. The minimum Gasteiger partial charge on any atom is -0.445 e. The number of nitrogens with one attached hydrogen (secondary N) is 2. The van der Waals surface area contributed by atoms with Crippen LogP contribution in [0.15, 0.2) is 48.7 Å². The van der Waals surface area contributed by atoms with E-state index in [4.69, 9.17) is 4.74 Å². The summed E-state index contributed by atoms with van der Waals surface area (Å²) in [4.78, 5) is 30.8. The van der Waals surface area contributed by atoms with Crippen LogP contribution in [0.25, 0.3) is 0 Å². The summed E-state index contributed by atoms with van der Waals surface area (Å²) < 4.78 is 5.41. The molecule has 31 heavy (non-hydrogen) atoms. The molecule has 1 aromatic heterocycles. The molecule has 0 spiro atoms. The normalized spacial score (nSPS) is 14.4. The lowest BCUT2D eigenvalue weighted by atomic mass is 9.97. The average molecular weight is 425 g/mol. The summed E-state index contributed by atoms with van der Waals surface area (Å²) in [5, 5.41) is 6.26. The van der Waals surface area contributed by atoms with Crippen molar-refractivity contribution >= 4 is 17.8 Å². The summed E-state index contributed by atoms with van der Waals surface area (Å²) in [6, 6.07) is 13.2. The van der Waals surface area contributed by atoms with Gasteiger partial charge in [-0.25, -0.2) is 9.78 Å². The Labute approximate surface area is 184 Å². The third-order valence-electron chi connectivity index (χ3n) is 5.34. The van der Waals surface area contributed by atoms with Crippen molar-refractivity contribution < 1.29 is 14.3 Å². The number of ether oxygens (including phenoxy) is 1. The molecule has 1 aliphatic heterocycles. The van der Waals surface area contributed by atoms with Crippen LogP contribution in [0.3, 0.4) is 0 Å². The fourth-order valence-corrected chi connectivity index (χ4v) is 3.45. The molecule has 7 nitrogen and oxygen atoms in total. The second-order valence-electron chi connectivity index (χ2n) is 8.39. The van der Waals surface area contributed by atoms with E-state index in [0.29, 0.717) is 42.9 Å². The minimum atomic E-state index is -0.274. The van der Waals surface area contributed by atoms with Gasteiger partial charge in [-0.15, -0.1) is 0 Å². The molecule has 2 aromatic rings. The maximum absolute atomic E-state index is 12.5. The number of benzene rings is 1. The number of likely N-dealkylation sites (tertiary alicyclic amines) is 1. The van der Waals surface area contributed by atoms with Gasteiger partial charge in [0.25, 0.3) is 5.91 Å². The SMILES string of the molecule is CC(C)CNc1cc(C(=O)NCC2CCN(C(=O)OCc3ccccc3)CC2)ccn1. The van der Waals surface area contributed by atoms with Crippen LogP contribution in [0.5, 0.6) is 0 Å². The number of anilines is 1. The maximum Gasteiger partial charge on any atom is 0.410 e. The van der Waals surface area contributed by atoms with E-state index in [2.05, 4.69) is 29.5 Å². The second-order valence-corrected chi connectivity index (χ2v) is 8.39. The van der Waals surface area contributed by atoms with E-state index in [0.717, 1.165) is 24.9 Å². The molecular weight excluding hydrogens is 392 g/mol. The van der Waals surface area contributed by atoms with E-state index < -0.39 is 0 Å². The van der Waals surface area contributed by atoms with Crippen LogP contribution in [0.4, 0.5) is 10.6 Å².